The van der Waals surface area contributed by atoms with Gasteiger partial charge in [-0.05, 0) is 20.8 Å². The van der Waals surface area contributed by atoms with E-state index in [9.17, 15) is 4.79 Å². The van der Waals surface area contributed by atoms with E-state index in [4.69, 9.17) is 9.47 Å². The Balaban J connectivity index is 2.54. The van der Waals surface area contributed by atoms with Crippen molar-refractivity contribution in [1.29, 1.82) is 0 Å². The molecule has 0 aromatic carbocycles. The molecule has 3 atom stereocenters. The van der Waals surface area contributed by atoms with Gasteiger partial charge in [-0.25, -0.2) is 0 Å². The average Bonchev–Trinajstić information content (AvgIpc) is 2.14. The summed E-state index contributed by atoms with van der Waals surface area (Å²) >= 11 is 0. The van der Waals surface area contributed by atoms with Gasteiger partial charge in [0.2, 0.25) is 0 Å². The molecule has 82 valence electrons. The molecule has 1 heterocycles. The maximum atomic E-state index is 11.3. The normalized spacial score (nSPS) is 31.1. The van der Waals surface area contributed by atoms with E-state index in [0.717, 1.165) is 13.1 Å². The van der Waals surface area contributed by atoms with Crippen molar-refractivity contribution in [2.24, 2.45) is 0 Å². The van der Waals surface area contributed by atoms with Crippen LogP contribution in [0.15, 0.2) is 0 Å². The van der Waals surface area contributed by atoms with E-state index in [1.54, 1.807) is 0 Å². The monoisotopic (exact) mass is 201 g/mol. The van der Waals surface area contributed by atoms with Gasteiger partial charge < -0.3 is 9.47 Å². The quantitative estimate of drug-likeness (QED) is 0.615. The van der Waals surface area contributed by atoms with Crippen molar-refractivity contribution in [2.45, 2.75) is 39.0 Å². The first kappa shape index (κ1) is 11.5. The Bertz CT molecular complexity index is 198. The smallest absolute Gasteiger partial charge is 0.322 e. The molecule has 0 amide bonds. The summed E-state index contributed by atoms with van der Waals surface area (Å²) in [7, 11) is 1.42. The molecular formula is C10H19NO3. The molecule has 0 radical (unpaired) electrons. The summed E-state index contributed by atoms with van der Waals surface area (Å²) in [6.45, 7) is 7.50. The lowest BCUT2D eigenvalue weighted by atomic mass is 10.2. The van der Waals surface area contributed by atoms with Crippen LogP contribution in [0.1, 0.15) is 20.8 Å². The highest BCUT2D eigenvalue weighted by Crippen LogP contribution is 2.13. The van der Waals surface area contributed by atoms with E-state index in [-0.39, 0.29) is 24.2 Å². The number of carbonyl (C=O) groups is 1. The van der Waals surface area contributed by atoms with Gasteiger partial charge in [-0.2, -0.15) is 0 Å². The van der Waals surface area contributed by atoms with Gasteiger partial charge in [-0.3, -0.25) is 9.69 Å². The predicted molar refractivity (Wildman–Crippen MR) is 53.1 cm³/mol. The molecular weight excluding hydrogens is 182 g/mol. The van der Waals surface area contributed by atoms with E-state index >= 15 is 0 Å². The molecule has 4 nitrogen and oxygen atoms in total. The SMILES string of the molecule is COC(=O)[C@H](C)N1C[C@H](C)O[C@@H](C)C1. The molecule has 0 N–H and O–H groups in total. The Kier molecular flexibility index (Phi) is 3.89. The molecule has 0 unspecified atom stereocenters. The van der Waals surface area contributed by atoms with Crippen LogP contribution in [-0.2, 0) is 14.3 Å². The van der Waals surface area contributed by atoms with Gasteiger partial charge in [-0.15, -0.1) is 0 Å². The Labute approximate surface area is 85.2 Å². The van der Waals surface area contributed by atoms with Gasteiger partial charge in [0.25, 0.3) is 0 Å². The Morgan fingerprint density at radius 1 is 1.43 bits per heavy atom. The minimum Gasteiger partial charge on any atom is -0.468 e. The number of hydrogen-bond acceptors (Lipinski definition) is 4. The lowest BCUT2D eigenvalue weighted by molar-refractivity contribution is -0.151. The van der Waals surface area contributed by atoms with Gasteiger partial charge in [0.05, 0.1) is 19.3 Å². The van der Waals surface area contributed by atoms with Crippen molar-refractivity contribution in [2.75, 3.05) is 20.2 Å². The third kappa shape index (κ3) is 2.69. The van der Waals surface area contributed by atoms with Crippen molar-refractivity contribution < 1.29 is 14.3 Å². The molecule has 0 aromatic rings. The summed E-state index contributed by atoms with van der Waals surface area (Å²) in [6, 6.07) is -0.172. The van der Waals surface area contributed by atoms with E-state index < -0.39 is 0 Å². The van der Waals surface area contributed by atoms with Crippen LogP contribution in [-0.4, -0.2) is 49.3 Å². The molecule has 1 aliphatic heterocycles. The van der Waals surface area contributed by atoms with Crippen LogP contribution in [0.25, 0.3) is 0 Å². The summed E-state index contributed by atoms with van der Waals surface area (Å²) in [5.41, 5.74) is 0. The summed E-state index contributed by atoms with van der Waals surface area (Å²) in [5, 5.41) is 0. The van der Waals surface area contributed by atoms with Crippen LogP contribution in [0.5, 0.6) is 0 Å². The highest BCUT2D eigenvalue weighted by Gasteiger charge is 2.29. The average molecular weight is 201 g/mol. The highest BCUT2D eigenvalue weighted by atomic mass is 16.5. The fourth-order valence-electron chi connectivity index (χ4n) is 1.85. The molecule has 4 heteroatoms. The van der Waals surface area contributed by atoms with E-state index in [2.05, 4.69) is 4.90 Å². The second-order valence-corrected chi connectivity index (χ2v) is 3.91. The van der Waals surface area contributed by atoms with Crippen molar-refractivity contribution in [3.8, 4) is 0 Å². The first-order chi connectivity index (χ1) is 6.54. The zero-order chi connectivity index (χ0) is 10.7. The fraction of sp³-hybridized carbons (Fsp3) is 0.900. The molecule has 0 saturated carbocycles. The predicted octanol–water partition coefficient (Wildman–Crippen LogP) is 0.657. The molecule has 14 heavy (non-hydrogen) atoms. The van der Waals surface area contributed by atoms with E-state index in [1.165, 1.54) is 7.11 Å². The summed E-state index contributed by atoms with van der Waals surface area (Å²) in [4.78, 5) is 13.4. The van der Waals surface area contributed by atoms with Gasteiger partial charge in [0.15, 0.2) is 0 Å². The van der Waals surface area contributed by atoms with Crippen LogP contribution < -0.4 is 0 Å². The number of carbonyl (C=O) groups excluding carboxylic acids is 1. The van der Waals surface area contributed by atoms with Crippen molar-refractivity contribution in [3.05, 3.63) is 0 Å². The number of rotatable bonds is 2. The lowest BCUT2D eigenvalue weighted by Gasteiger charge is -2.37. The fourth-order valence-corrected chi connectivity index (χ4v) is 1.85. The molecule has 1 rings (SSSR count). The molecule has 1 fully saturated rings. The van der Waals surface area contributed by atoms with Crippen LogP contribution in [0.2, 0.25) is 0 Å². The number of nitrogens with zero attached hydrogens (tertiary/aromatic N) is 1. The summed E-state index contributed by atoms with van der Waals surface area (Å²) in [5.74, 6) is -0.175. The van der Waals surface area contributed by atoms with Gasteiger partial charge in [0, 0.05) is 13.1 Å². The molecule has 0 spiro atoms. The van der Waals surface area contributed by atoms with Crippen LogP contribution in [0.3, 0.4) is 0 Å². The Morgan fingerprint density at radius 2 is 1.93 bits per heavy atom. The number of methoxy groups -OCH3 is 1. The first-order valence-electron chi connectivity index (χ1n) is 5.02. The van der Waals surface area contributed by atoms with Gasteiger partial charge in [-0.1, -0.05) is 0 Å². The largest absolute Gasteiger partial charge is 0.468 e. The van der Waals surface area contributed by atoms with E-state index in [0.29, 0.717) is 0 Å². The first-order valence-corrected chi connectivity index (χ1v) is 5.02. The van der Waals surface area contributed by atoms with Gasteiger partial charge >= 0.3 is 5.97 Å². The Hall–Kier alpha value is -0.610. The number of esters is 1. The van der Waals surface area contributed by atoms with E-state index in [1.807, 2.05) is 20.8 Å². The van der Waals surface area contributed by atoms with Crippen LogP contribution in [0.4, 0.5) is 0 Å². The maximum absolute atomic E-state index is 11.3. The lowest BCUT2D eigenvalue weighted by Crippen LogP contribution is -2.51. The zero-order valence-electron chi connectivity index (χ0n) is 9.32. The number of ether oxygens (including phenoxy) is 2. The Morgan fingerprint density at radius 3 is 2.36 bits per heavy atom. The minimum absolute atomic E-state index is 0.172. The molecule has 0 aromatic heterocycles. The third-order valence-corrected chi connectivity index (χ3v) is 2.54. The van der Waals surface area contributed by atoms with Crippen molar-refractivity contribution in [3.63, 3.8) is 0 Å². The minimum atomic E-state index is -0.175. The van der Waals surface area contributed by atoms with Crippen LogP contribution >= 0.6 is 0 Å². The molecule has 0 aliphatic carbocycles. The maximum Gasteiger partial charge on any atom is 0.322 e. The number of hydrogen-bond donors (Lipinski definition) is 0. The van der Waals surface area contributed by atoms with Crippen molar-refractivity contribution in [1.82, 2.24) is 4.90 Å². The topological polar surface area (TPSA) is 38.8 Å². The second-order valence-electron chi connectivity index (χ2n) is 3.91. The van der Waals surface area contributed by atoms with Crippen LogP contribution in [0, 0.1) is 0 Å². The standard InChI is InChI=1S/C10H19NO3/c1-7-5-11(6-8(2)14-7)9(3)10(12)13-4/h7-9H,5-6H2,1-4H3/t7-,8-,9-/m0/s1. The van der Waals surface area contributed by atoms with Crippen molar-refractivity contribution >= 4 is 5.97 Å². The number of morpholine rings is 1. The third-order valence-electron chi connectivity index (χ3n) is 2.54. The summed E-state index contributed by atoms with van der Waals surface area (Å²) in [6.07, 6.45) is 0.372. The molecule has 0 bridgehead atoms. The summed E-state index contributed by atoms with van der Waals surface area (Å²) < 4.78 is 10.3. The van der Waals surface area contributed by atoms with Gasteiger partial charge in [0.1, 0.15) is 6.04 Å². The second kappa shape index (κ2) is 4.75. The molecule has 1 aliphatic rings. The highest BCUT2D eigenvalue weighted by molar-refractivity contribution is 5.75. The zero-order valence-corrected chi connectivity index (χ0v) is 9.32. The molecule has 1 saturated heterocycles.